The zero-order valence-electron chi connectivity index (χ0n) is 9.73. The highest BCUT2D eigenvalue weighted by molar-refractivity contribution is 6.35. The van der Waals surface area contributed by atoms with Gasteiger partial charge in [0.1, 0.15) is 11.9 Å². The minimum absolute atomic E-state index is 0.450. The lowest BCUT2D eigenvalue weighted by atomic mass is 10.0. The third kappa shape index (κ3) is 2.78. The predicted octanol–water partition coefficient (Wildman–Crippen LogP) is 4.08. The van der Waals surface area contributed by atoms with Gasteiger partial charge in [-0.05, 0) is 29.8 Å². The van der Waals surface area contributed by atoms with Gasteiger partial charge in [-0.25, -0.2) is 0 Å². The molecule has 0 bridgehead atoms. The smallest absolute Gasteiger partial charge is 0.118 e. The van der Waals surface area contributed by atoms with Gasteiger partial charge < -0.3 is 9.84 Å². The second-order valence-electron chi connectivity index (χ2n) is 3.84. The van der Waals surface area contributed by atoms with Gasteiger partial charge in [0.15, 0.2) is 0 Å². The van der Waals surface area contributed by atoms with Gasteiger partial charge in [0.2, 0.25) is 0 Å². The molecule has 2 aromatic rings. The first kappa shape index (κ1) is 13.2. The van der Waals surface area contributed by atoms with Crippen molar-refractivity contribution in [2.24, 2.45) is 0 Å². The molecule has 0 unspecified atom stereocenters. The number of rotatable bonds is 3. The minimum Gasteiger partial charge on any atom is -0.497 e. The van der Waals surface area contributed by atoms with Crippen LogP contribution in [0.4, 0.5) is 0 Å². The van der Waals surface area contributed by atoms with Crippen LogP contribution in [0.1, 0.15) is 17.2 Å². The van der Waals surface area contributed by atoms with Crippen LogP contribution in [0.3, 0.4) is 0 Å². The number of benzene rings is 2. The molecule has 0 aromatic heterocycles. The van der Waals surface area contributed by atoms with E-state index in [2.05, 4.69) is 0 Å². The van der Waals surface area contributed by atoms with Crippen molar-refractivity contribution in [1.29, 1.82) is 0 Å². The fourth-order valence-corrected chi connectivity index (χ4v) is 2.20. The van der Waals surface area contributed by atoms with E-state index in [0.717, 1.165) is 11.3 Å². The van der Waals surface area contributed by atoms with Gasteiger partial charge in [-0.1, -0.05) is 41.4 Å². The van der Waals surface area contributed by atoms with Gasteiger partial charge in [-0.15, -0.1) is 0 Å². The van der Waals surface area contributed by atoms with Gasteiger partial charge in [0.05, 0.1) is 7.11 Å². The number of aliphatic hydroxyl groups excluding tert-OH is 1. The van der Waals surface area contributed by atoms with E-state index in [1.165, 1.54) is 0 Å². The molecule has 2 rings (SSSR count). The second-order valence-corrected chi connectivity index (χ2v) is 4.69. The summed E-state index contributed by atoms with van der Waals surface area (Å²) in [5.41, 5.74) is 1.38. The van der Waals surface area contributed by atoms with Gasteiger partial charge in [-0.3, -0.25) is 0 Å². The minimum atomic E-state index is -0.777. The van der Waals surface area contributed by atoms with E-state index >= 15 is 0 Å². The maximum Gasteiger partial charge on any atom is 0.118 e. The maximum absolute atomic E-state index is 10.3. The molecule has 0 saturated heterocycles. The topological polar surface area (TPSA) is 29.5 Å². The molecule has 0 amide bonds. The van der Waals surface area contributed by atoms with Crippen LogP contribution in [0, 0.1) is 0 Å². The standard InChI is InChI=1S/C14H12Cl2O2/c1-18-11-5-2-9(3-6-11)14(17)12-7-4-10(15)8-13(12)16/h2-8,14,17H,1H3/t14-/m1/s1. The van der Waals surface area contributed by atoms with Crippen LogP contribution in [0.5, 0.6) is 5.75 Å². The summed E-state index contributed by atoms with van der Waals surface area (Å²) in [6.07, 6.45) is -0.777. The number of halogens is 2. The summed E-state index contributed by atoms with van der Waals surface area (Å²) in [5, 5.41) is 11.3. The maximum atomic E-state index is 10.3. The van der Waals surface area contributed by atoms with E-state index in [-0.39, 0.29) is 0 Å². The normalized spacial score (nSPS) is 12.2. The Bertz CT molecular complexity index is 538. The molecule has 0 radical (unpaired) electrons. The Morgan fingerprint density at radius 3 is 2.28 bits per heavy atom. The van der Waals surface area contributed by atoms with Crippen LogP contribution in [0.15, 0.2) is 42.5 Å². The third-order valence-electron chi connectivity index (χ3n) is 2.69. The number of ether oxygens (including phenoxy) is 1. The molecule has 18 heavy (non-hydrogen) atoms. The summed E-state index contributed by atoms with van der Waals surface area (Å²) in [5.74, 6) is 0.744. The molecule has 0 aliphatic heterocycles. The molecule has 2 aromatic carbocycles. The highest BCUT2D eigenvalue weighted by Crippen LogP contribution is 2.30. The van der Waals surface area contributed by atoms with Crippen LogP contribution in [-0.4, -0.2) is 12.2 Å². The summed E-state index contributed by atoms with van der Waals surface area (Å²) in [4.78, 5) is 0. The number of hydrogen-bond acceptors (Lipinski definition) is 2. The zero-order valence-corrected chi connectivity index (χ0v) is 11.2. The third-order valence-corrected chi connectivity index (χ3v) is 3.25. The molecule has 0 saturated carbocycles. The van der Waals surface area contributed by atoms with Crippen LogP contribution in [0.2, 0.25) is 10.0 Å². The first-order valence-corrected chi connectivity index (χ1v) is 6.14. The van der Waals surface area contributed by atoms with Crippen molar-refractivity contribution in [2.75, 3.05) is 7.11 Å². The summed E-state index contributed by atoms with van der Waals surface area (Å²) in [6, 6.07) is 12.2. The van der Waals surface area contributed by atoms with Gasteiger partial charge in [-0.2, -0.15) is 0 Å². The monoisotopic (exact) mass is 282 g/mol. The molecule has 0 spiro atoms. The molecule has 0 aliphatic rings. The van der Waals surface area contributed by atoms with Gasteiger partial charge in [0.25, 0.3) is 0 Å². The molecular formula is C14H12Cl2O2. The highest BCUT2D eigenvalue weighted by Gasteiger charge is 2.14. The van der Waals surface area contributed by atoms with E-state index in [9.17, 15) is 5.11 Å². The largest absolute Gasteiger partial charge is 0.497 e. The Hall–Kier alpha value is -1.22. The Kier molecular flexibility index (Phi) is 4.12. The lowest BCUT2D eigenvalue weighted by molar-refractivity contribution is 0.220. The molecule has 4 heteroatoms. The average Bonchev–Trinajstić information content (AvgIpc) is 2.38. The van der Waals surface area contributed by atoms with Crippen LogP contribution < -0.4 is 4.74 Å². The van der Waals surface area contributed by atoms with Crippen LogP contribution in [-0.2, 0) is 0 Å². The molecule has 2 nitrogen and oxygen atoms in total. The van der Waals surface area contributed by atoms with Crippen molar-refractivity contribution < 1.29 is 9.84 Å². The predicted molar refractivity (Wildman–Crippen MR) is 73.5 cm³/mol. The Morgan fingerprint density at radius 1 is 1.06 bits per heavy atom. The lowest BCUT2D eigenvalue weighted by Crippen LogP contribution is -2.00. The van der Waals surface area contributed by atoms with E-state index in [0.29, 0.717) is 15.6 Å². The fourth-order valence-electron chi connectivity index (χ4n) is 1.69. The number of aliphatic hydroxyl groups is 1. The summed E-state index contributed by atoms with van der Waals surface area (Å²) >= 11 is 11.9. The summed E-state index contributed by atoms with van der Waals surface area (Å²) in [7, 11) is 1.60. The number of methoxy groups -OCH3 is 1. The zero-order chi connectivity index (χ0) is 13.1. The van der Waals surface area contributed by atoms with E-state index in [1.54, 1.807) is 49.6 Å². The molecule has 0 aliphatic carbocycles. The van der Waals surface area contributed by atoms with Crippen molar-refractivity contribution in [3.63, 3.8) is 0 Å². The summed E-state index contributed by atoms with van der Waals surface area (Å²) < 4.78 is 5.07. The summed E-state index contributed by atoms with van der Waals surface area (Å²) in [6.45, 7) is 0. The molecule has 1 atom stereocenters. The van der Waals surface area contributed by atoms with E-state index in [1.807, 2.05) is 0 Å². The van der Waals surface area contributed by atoms with E-state index < -0.39 is 6.10 Å². The lowest BCUT2D eigenvalue weighted by Gasteiger charge is -2.13. The van der Waals surface area contributed by atoms with Crippen LogP contribution in [0.25, 0.3) is 0 Å². The van der Waals surface area contributed by atoms with Crippen molar-refractivity contribution in [2.45, 2.75) is 6.10 Å². The molecule has 94 valence electrons. The SMILES string of the molecule is COc1ccc([C@@H](O)c2ccc(Cl)cc2Cl)cc1. The van der Waals surface area contributed by atoms with Crippen molar-refractivity contribution >= 4 is 23.2 Å². The highest BCUT2D eigenvalue weighted by atomic mass is 35.5. The van der Waals surface area contributed by atoms with Crippen LogP contribution >= 0.6 is 23.2 Å². The van der Waals surface area contributed by atoms with Crippen molar-refractivity contribution in [1.82, 2.24) is 0 Å². The van der Waals surface area contributed by atoms with Crippen molar-refractivity contribution in [3.05, 3.63) is 63.6 Å². The second kappa shape index (κ2) is 5.61. The quantitative estimate of drug-likeness (QED) is 0.919. The first-order valence-electron chi connectivity index (χ1n) is 5.39. The molecule has 1 N–H and O–H groups in total. The Balaban J connectivity index is 2.31. The van der Waals surface area contributed by atoms with Gasteiger partial charge >= 0.3 is 0 Å². The Morgan fingerprint density at radius 2 is 1.72 bits per heavy atom. The Labute approximate surface area is 116 Å². The number of hydrogen-bond donors (Lipinski definition) is 1. The molecule has 0 heterocycles. The first-order chi connectivity index (χ1) is 8.61. The van der Waals surface area contributed by atoms with Gasteiger partial charge in [0, 0.05) is 15.6 Å². The molecular weight excluding hydrogens is 271 g/mol. The molecule has 0 fully saturated rings. The van der Waals surface area contributed by atoms with Crippen molar-refractivity contribution in [3.8, 4) is 5.75 Å². The average molecular weight is 283 g/mol. The fraction of sp³-hybridized carbons (Fsp3) is 0.143. The van der Waals surface area contributed by atoms with E-state index in [4.69, 9.17) is 27.9 Å².